The van der Waals surface area contributed by atoms with E-state index in [-0.39, 0.29) is 11.5 Å². The molecule has 0 aromatic heterocycles. The molecule has 0 unspecified atom stereocenters. The summed E-state index contributed by atoms with van der Waals surface area (Å²) < 4.78 is 42.6. The molecule has 0 aliphatic heterocycles. The van der Waals surface area contributed by atoms with Crippen LogP contribution in [0, 0.1) is 10.8 Å². The second-order valence-electron chi connectivity index (χ2n) is 7.36. The standard InChI is InChI=1S/C16H22O7S/c1-15(2,3)13(17)22-10-7-8-11(12(9-10)24(19,20)21)23-14(18)16(4,5)6/h7-9H,1-6H3,(H,19,20,21). The van der Waals surface area contributed by atoms with Gasteiger partial charge in [0.15, 0.2) is 5.75 Å². The summed E-state index contributed by atoms with van der Waals surface area (Å²) in [6.07, 6.45) is 0. The monoisotopic (exact) mass is 358 g/mol. The summed E-state index contributed by atoms with van der Waals surface area (Å²) in [5.74, 6) is -1.68. The van der Waals surface area contributed by atoms with Crippen LogP contribution in [0.25, 0.3) is 0 Å². The van der Waals surface area contributed by atoms with Crippen molar-refractivity contribution in [2.45, 2.75) is 46.4 Å². The minimum absolute atomic E-state index is 0.0851. The lowest BCUT2D eigenvalue weighted by Gasteiger charge is -2.19. The highest BCUT2D eigenvalue weighted by Crippen LogP contribution is 2.31. The van der Waals surface area contributed by atoms with Crippen LogP contribution in [-0.4, -0.2) is 24.9 Å². The summed E-state index contributed by atoms with van der Waals surface area (Å²) in [5.41, 5.74) is -1.66. The number of ether oxygens (including phenoxy) is 2. The Kier molecular flexibility index (Phi) is 5.47. The molecular weight excluding hydrogens is 336 g/mol. The van der Waals surface area contributed by atoms with Crippen molar-refractivity contribution < 1.29 is 32.0 Å². The van der Waals surface area contributed by atoms with E-state index in [1.165, 1.54) is 6.07 Å². The zero-order chi connectivity index (χ0) is 18.9. The van der Waals surface area contributed by atoms with Crippen LogP contribution in [0.3, 0.4) is 0 Å². The third-order valence-electron chi connectivity index (χ3n) is 2.83. The molecule has 0 heterocycles. The number of hydrogen-bond donors (Lipinski definition) is 1. The van der Waals surface area contributed by atoms with Crippen LogP contribution in [0.5, 0.6) is 11.5 Å². The summed E-state index contributed by atoms with van der Waals surface area (Å²) >= 11 is 0. The summed E-state index contributed by atoms with van der Waals surface area (Å²) in [7, 11) is -4.69. The van der Waals surface area contributed by atoms with Gasteiger partial charge in [-0.05, 0) is 53.7 Å². The highest BCUT2D eigenvalue weighted by atomic mass is 32.2. The van der Waals surface area contributed by atoms with Gasteiger partial charge in [-0.3, -0.25) is 14.1 Å². The van der Waals surface area contributed by atoms with Crippen LogP contribution in [0.4, 0.5) is 0 Å². The molecule has 1 N–H and O–H groups in total. The first-order valence-corrected chi connectivity index (χ1v) is 8.62. The second-order valence-corrected chi connectivity index (χ2v) is 8.75. The Labute approximate surface area is 141 Å². The number of carbonyl (C=O) groups excluding carboxylic acids is 2. The molecule has 0 atom stereocenters. The lowest BCUT2D eigenvalue weighted by molar-refractivity contribution is -0.144. The van der Waals surface area contributed by atoms with Gasteiger partial charge in [-0.15, -0.1) is 0 Å². The minimum Gasteiger partial charge on any atom is -0.426 e. The first-order valence-electron chi connectivity index (χ1n) is 7.18. The van der Waals surface area contributed by atoms with Gasteiger partial charge in [-0.2, -0.15) is 8.42 Å². The van der Waals surface area contributed by atoms with Gasteiger partial charge in [0.05, 0.1) is 10.8 Å². The van der Waals surface area contributed by atoms with Gasteiger partial charge in [0, 0.05) is 6.07 Å². The van der Waals surface area contributed by atoms with Crippen LogP contribution < -0.4 is 9.47 Å². The van der Waals surface area contributed by atoms with Crippen molar-refractivity contribution in [3.8, 4) is 11.5 Å². The van der Waals surface area contributed by atoms with E-state index in [1.807, 2.05) is 0 Å². The average molecular weight is 358 g/mol. The summed E-state index contributed by atoms with van der Waals surface area (Å²) in [6.45, 7) is 9.71. The maximum absolute atomic E-state index is 11.9. The Bertz CT molecular complexity index is 750. The average Bonchev–Trinajstić information content (AvgIpc) is 2.36. The van der Waals surface area contributed by atoms with E-state index in [0.29, 0.717) is 0 Å². The lowest BCUT2D eigenvalue weighted by atomic mass is 9.97. The normalized spacial score (nSPS) is 12.6. The van der Waals surface area contributed by atoms with Crippen LogP contribution in [-0.2, 0) is 19.7 Å². The van der Waals surface area contributed by atoms with Crippen molar-refractivity contribution in [1.82, 2.24) is 0 Å². The van der Waals surface area contributed by atoms with E-state index in [9.17, 15) is 22.6 Å². The topological polar surface area (TPSA) is 107 Å². The Hall–Kier alpha value is -1.93. The third-order valence-corrected chi connectivity index (χ3v) is 3.71. The molecule has 1 aromatic rings. The van der Waals surface area contributed by atoms with E-state index in [4.69, 9.17) is 9.47 Å². The zero-order valence-electron chi connectivity index (χ0n) is 14.5. The van der Waals surface area contributed by atoms with Gasteiger partial charge >= 0.3 is 11.9 Å². The Morgan fingerprint density at radius 3 is 1.79 bits per heavy atom. The molecular formula is C16H22O7S. The van der Waals surface area contributed by atoms with Crippen LogP contribution in [0.2, 0.25) is 0 Å². The maximum Gasteiger partial charge on any atom is 0.316 e. The largest absolute Gasteiger partial charge is 0.426 e. The first kappa shape index (κ1) is 20.1. The fourth-order valence-corrected chi connectivity index (χ4v) is 1.98. The third kappa shape index (κ3) is 5.31. The smallest absolute Gasteiger partial charge is 0.316 e. The number of benzene rings is 1. The SMILES string of the molecule is CC(C)(C)C(=O)Oc1ccc(OC(=O)C(C)(C)C)c(S(=O)(=O)O)c1. The van der Waals surface area contributed by atoms with Crippen molar-refractivity contribution in [3.05, 3.63) is 18.2 Å². The van der Waals surface area contributed by atoms with Crippen molar-refractivity contribution in [2.24, 2.45) is 10.8 Å². The minimum atomic E-state index is -4.69. The number of hydrogen-bond acceptors (Lipinski definition) is 6. The first-order chi connectivity index (χ1) is 10.6. The van der Waals surface area contributed by atoms with Gasteiger partial charge in [-0.1, -0.05) is 0 Å². The molecule has 0 aliphatic rings. The molecule has 1 aromatic carbocycles. The number of esters is 2. The molecule has 8 heteroatoms. The van der Waals surface area contributed by atoms with Gasteiger partial charge in [-0.25, -0.2) is 0 Å². The summed E-state index contributed by atoms with van der Waals surface area (Å²) in [6, 6.07) is 3.37. The zero-order valence-corrected chi connectivity index (χ0v) is 15.4. The molecule has 0 saturated carbocycles. The summed E-state index contributed by atoms with van der Waals surface area (Å²) in [4.78, 5) is 23.1. The van der Waals surface area contributed by atoms with E-state index < -0.39 is 37.8 Å². The Morgan fingerprint density at radius 1 is 0.917 bits per heavy atom. The molecule has 24 heavy (non-hydrogen) atoms. The predicted octanol–water partition coefficient (Wildman–Crippen LogP) is 2.84. The molecule has 0 saturated heterocycles. The van der Waals surface area contributed by atoms with Gasteiger partial charge in [0.2, 0.25) is 0 Å². The Balaban J connectivity index is 3.25. The molecule has 7 nitrogen and oxygen atoms in total. The second kappa shape index (κ2) is 6.52. The Morgan fingerprint density at radius 2 is 1.38 bits per heavy atom. The van der Waals surface area contributed by atoms with Crippen molar-refractivity contribution in [1.29, 1.82) is 0 Å². The number of carbonyl (C=O) groups is 2. The van der Waals surface area contributed by atoms with Crippen LogP contribution in [0.15, 0.2) is 23.1 Å². The molecule has 0 amide bonds. The predicted molar refractivity (Wildman–Crippen MR) is 86.4 cm³/mol. The van der Waals surface area contributed by atoms with Crippen molar-refractivity contribution >= 4 is 22.1 Å². The van der Waals surface area contributed by atoms with Gasteiger partial charge in [0.1, 0.15) is 10.6 Å². The molecule has 134 valence electrons. The van der Waals surface area contributed by atoms with Crippen molar-refractivity contribution in [3.63, 3.8) is 0 Å². The molecule has 1 rings (SSSR count). The molecule has 0 spiro atoms. The van der Waals surface area contributed by atoms with E-state index >= 15 is 0 Å². The lowest BCUT2D eigenvalue weighted by Crippen LogP contribution is -2.26. The quantitative estimate of drug-likeness (QED) is 0.503. The molecule has 0 aliphatic carbocycles. The van der Waals surface area contributed by atoms with Crippen molar-refractivity contribution in [2.75, 3.05) is 0 Å². The highest BCUT2D eigenvalue weighted by Gasteiger charge is 2.28. The number of rotatable bonds is 3. The fourth-order valence-electron chi connectivity index (χ4n) is 1.35. The van der Waals surface area contributed by atoms with Gasteiger partial charge in [0.25, 0.3) is 10.1 Å². The van der Waals surface area contributed by atoms with Crippen LogP contribution in [0.1, 0.15) is 41.5 Å². The fraction of sp³-hybridized carbons (Fsp3) is 0.500. The maximum atomic E-state index is 11.9. The van der Waals surface area contributed by atoms with E-state index in [1.54, 1.807) is 41.5 Å². The molecule has 0 bridgehead atoms. The van der Waals surface area contributed by atoms with Crippen LogP contribution >= 0.6 is 0 Å². The summed E-state index contributed by atoms with van der Waals surface area (Å²) in [5, 5.41) is 0. The highest BCUT2D eigenvalue weighted by molar-refractivity contribution is 7.86. The molecule has 0 radical (unpaired) electrons. The van der Waals surface area contributed by atoms with E-state index in [0.717, 1.165) is 12.1 Å². The molecule has 0 fully saturated rings. The van der Waals surface area contributed by atoms with Gasteiger partial charge < -0.3 is 9.47 Å². The van der Waals surface area contributed by atoms with E-state index in [2.05, 4.69) is 0 Å².